The first-order valence-electron chi connectivity index (χ1n) is 8.95. The molecule has 0 aromatic carbocycles. The third-order valence-corrected chi connectivity index (χ3v) is 6.13. The topological polar surface area (TPSA) is 48.4 Å². The van der Waals surface area contributed by atoms with Crippen LogP contribution in [0.3, 0.4) is 0 Å². The molecule has 3 aliphatic rings. The predicted octanol–water partition coefficient (Wildman–Crippen LogP) is 3.35. The Balaban J connectivity index is 1.56. The number of ether oxygens (including phenoxy) is 2. The molecule has 23 heavy (non-hydrogen) atoms. The highest BCUT2D eigenvalue weighted by atomic mass is 16.6. The Kier molecular flexibility index (Phi) is 4.10. The molecule has 2 aliphatic carbocycles. The standard InChI is InChI=1S/C19H25NO3/c1-12-17-16(19(21)23-12)10-14-4-2-3-5-15(14)18(17)22-11-13-6-8-20-9-7-13/h6-9,12,14-18H,2-5,10-11H2,1H3. The van der Waals surface area contributed by atoms with E-state index in [4.69, 9.17) is 9.47 Å². The number of rotatable bonds is 3. The van der Waals surface area contributed by atoms with E-state index in [-0.39, 0.29) is 30.0 Å². The summed E-state index contributed by atoms with van der Waals surface area (Å²) in [5, 5.41) is 0. The lowest BCUT2D eigenvalue weighted by molar-refractivity contribution is -0.145. The molecule has 1 aromatic rings. The average molecular weight is 315 g/mol. The van der Waals surface area contributed by atoms with Gasteiger partial charge < -0.3 is 9.47 Å². The van der Waals surface area contributed by atoms with Crippen molar-refractivity contribution in [2.24, 2.45) is 23.7 Å². The fourth-order valence-electron chi connectivity index (χ4n) is 5.06. The minimum atomic E-state index is -0.0159. The number of cyclic esters (lactones) is 1. The Hall–Kier alpha value is -1.42. The number of hydrogen-bond donors (Lipinski definition) is 0. The van der Waals surface area contributed by atoms with E-state index >= 15 is 0 Å². The normalized spacial score (nSPS) is 39.4. The molecule has 4 heteroatoms. The molecule has 0 N–H and O–H groups in total. The number of nitrogens with zero attached hydrogens (tertiary/aromatic N) is 1. The van der Waals surface area contributed by atoms with Crippen molar-refractivity contribution >= 4 is 5.97 Å². The van der Waals surface area contributed by atoms with E-state index in [1.165, 1.54) is 25.7 Å². The van der Waals surface area contributed by atoms with E-state index in [1.54, 1.807) is 12.4 Å². The van der Waals surface area contributed by atoms with Crippen LogP contribution in [0.15, 0.2) is 24.5 Å². The van der Waals surface area contributed by atoms with E-state index in [1.807, 2.05) is 19.1 Å². The number of hydrogen-bond acceptors (Lipinski definition) is 4. The lowest BCUT2D eigenvalue weighted by Crippen LogP contribution is -2.48. The van der Waals surface area contributed by atoms with Gasteiger partial charge in [-0.15, -0.1) is 0 Å². The summed E-state index contributed by atoms with van der Waals surface area (Å²) in [4.78, 5) is 16.3. The van der Waals surface area contributed by atoms with Crippen LogP contribution < -0.4 is 0 Å². The lowest BCUT2D eigenvalue weighted by Gasteiger charge is -2.46. The van der Waals surface area contributed by atoms with Gasteiger partial charge in [0.2, 0.25) is 0 Å². The molecule has 0 radical (unpaired) electrons. The summed E-state index contributed by atoms with van der Waals surface area (Å²) >= 11 is 0. The van der Waals surface area contributed by atoms with Crippen LogP contribution in [-0.2, 0) is 20.9 Å². The van der Waals surface area contributed by atoms with Crippen molar-refractivity contribution in [2.45, 2.75) is 57.8 Å². The summed E-state index contributed by atoms with van der Waals surface area (Å²) in [6.45, 7) is 2.63. The molecule has 3 fully saturated rings. The van der Waals surface area contributed by atoms with E-state index in [2.05, 4.69) is 4.98 Å². The van der Waals surface area contributed by atoms with Gasteiger partial charge in [0.1, 0.15) is 6.10 Å². The molecule has 124 valence electrons. The number of carbonyl (C=O) groups excluding carboxylic acids is 1. The van der Waals surface area contributed by atoms with Crippen molar-refractivity contribution in [3.63, 3.8) is 0 Å². The lowest BCUT2D eigenvalue weighted by atomic mass is 9.61. The molecule has 1 aliphatic heterocycles. The van der Waals surface area contributed by atoms with E-state index in [0.717, 1.165) is 12.0 Å². The molecule has 4 nitrogen and oxygen atoms in total. The number of fused-ring (bicyclic) bond motifs is 2. The summed E-state index contributed by atoms with van der Waals surface area (Å²) in [5.41, 5.74) is 1.15. The zero-order valence-corrected chi connectivity index (χ0v) is 13.7. The van der Waals surface area contributed by atoms with Crippen LogP contribution in [0.2, 0.25) is 0 Å². The molecule has 2 saturated carbocycles. The number of esters is 1. The number of carbonyl (C=O) groups is 1. The predicted molar refractivity (Wildman–Crippen MR) is 85.4 cm³/mol. The van der Waals surface area contributed by atoms with Gasteiger partial charge in [-0.2, -0.15) is 0 Å². The molecule has 0 spiro atoms. The fourth-order valence-corrected chi connectivity index (χ4v) is 5.06. The minimum Gasteiger partial charge on any atom is -0.462 e. The summed E-state index contributed by atoms with van der Waals surface area (Å²) in [7, 11) is 0. The highest BCUT2D eigenvalue weighted by molar-refractivity contribution is 5.75. The molecule has 4 rings (SSSR count). The van der Waals surface area contributed by atoms with E-state index in [0.29, 0.717) is 18.4 Å². The van der Waals surface area contributed by atoms with Gasteiger partial charge in [0, 0.05) is 18.3 Å². The Morgan fingerprint density at radius 3 is 2.87 bits per heavy atom. The third kappa shape index (κ3) is 2.78. The van der Waals surface area contributed by atoms with E-state index in [9.17, 15) is 4.79 Å². The summed E-state index contributed by atoms with van der Waals surface area (Å²) in [6.07, 6.45) is 9.80. The quantitative estimate of drug-likeness (QED) is 0.803. The second kappa shape index (κ2) is 6.23. The highest BCUT2D eigenvalue weighted by Gasteiger charge is 2.55. The van der Waals surface area contributed by atoms with Crippen molar-refractivity contribution in [2.75, 3.05) is 0 Å². The smallest absolute Gasteiger partial charge is 0.309 e. The molecule has 6 unspecified atom stereocenters. The maximum absolute atomic E-state index is 12.2. The van der Waals surface area contributed by atoms with Gasteiger partial charge in [-0.05, 0) is 49.3 Å². The molecular weight excluding hydrogens is 290 g/mol. The van der Waals surface area contributed by atoms with Crippen molar-refractivity contribution < 1.29 is 14.3 Å². The third-order valence-electron chi connectivity index (χ3n) is 6.13. The first-order chi connectivity index (χ1) is 11.2. The van der Waals surface area contributed by atoms with Crippen molar-refractivity contribution in [1.29, 1.82) is 0 Å². The molecule has 6 atom stereocenters. The van der Waals surface area contributed by atoms with Crippen LogP contribution in [0.5, 0.6) is 0 Å². The maximum atomic E-state index is 12.2. The van der Waals surface area contributed by atoms with Gasteiger partial charge in [0.25, 0.3) is 0 Å². The Labute approximate surface area is 137 Å². The molecule has 0 bridgehead atoms. The van der Waals surface area contributed by atoms with Crippen LogP contribution in [-0.4, -0.2) is 23.2 Å². The zero-order chi connectivity index (χ0) is 15.8. The van der Waals surface area contributed by atoms with Crippen LogP contribution in [0.4, 0.5) is 0 Å². The van der Waals surface area contributed by atoms with Crippen LogP contribution >= 0.6 is 0 Å². The Morgan fingerprint density at radius 1 is 1.26 bits per heavy atom. The monoisotopic (exact) mass is 315 g/mol. The fraction of sp³-hybridized carbons (Fsp3) is 0.684. The molecule has 1 aromatic heterocycles. The van der Waals surface area contributed by atoms with E-state index < -0.39 is 0 Å². The summed E-state index contributed by atoms with van der Waals surface area (Å²) < 4.78 is 12.0. The second-order valence-corrected chi connectivity index (χ2v) is 7.40. The highest BCUT2D eigenvalue weighted by Crippen LogP contribution is 2.51. The van der Waals surface area contributed by atoms with Gasteiger partial charge in [0.15, 0.2) is 0 Å². The molecular formula is C19H25NO3. The SMILES string of the molecule is CC1OC(=O)C2CC3CCCCC3C(OCc3ccncc3)C12. The Bertz CT molecular complexity index is 561. The first kappa shape index (κ1) is 15.1. The van der Waals surface area contributed by atoms with Crippen molar-refractivity contribution in [3.8, 4) is 0 Å². The molecule has 2 heterocycles. The Morgan fingerprint density at radius 2 is 2.04 bits per heavy atom. The van der Waals surface area contributed by atoms with Gasteiger partial charge >= 0.3 is 5.97 Å². The maximum Gasteiger partial charge on any atom is 0.309 e. The van der Waals surface area contributed by atoms with Crippen LogP contribution in [0.1, 0.15) is 44.6 Å². The number of pyridine rings is 1. The average Bonchev–Trinajstić information content (AvgIpc) is 2.87. The van der Waals surface area contributed by atoms with Gasteiger partial charge in [0.05, 0.1) is 18.6 Å². The number of aromatic nitrogens is 1. The summed E-state index contributed by atoms with van der Waals surface area (Å²) in [5.74, 6) is 1.49. The van der Waals surface area contributed by atoms with Crippen LogP contribution in [0, 0.1) is 23.7 Å². The van der Waals surface area contributed by atoms with Crippen molar-refractivity contribution in [1.82, 2.24) is 4.98 Å². The van der Waals surface area contributed by atoms with Crippen LogP contribution in [0.25, 0.3) is 0 Å². The summed E-state index contributed by atoms with van der Waals surface area (Å²) in [6, 6.07) is 4.00. The largest absolute Gasteiger partial charge is 0.462 e. The van der Waals surface area contributed by atoms with Gasteiger partial charge in [-0.3, -0.25) is 9.78 Å². The molecule has 0 amide bonds. The van der Waals surface area contributed by atoms with Gasteiger partial charge in [-0.25, -0.2) is 0 Å². The first-order valence-corrected chi connectivity index (χ1v) is 8.95. The van der Waals surface area contributed by atoms with Crippen molar-refractivity contribution in [3.05, 3.63) is 30.1 Å². The van der Waals surface area contributed by atoms with Gasteiger partial charge in [-0.1, -0.05) is 19.3 Å². The second-order valence-electron chi connectivity index (χ2n) is 7.40. The molecule has 1 saturated heterocycles. The zero-order valence-electron chi connectivity index (χ0n) is 13.7. The minimum absolute atomic E-state index is 0.00374.